The second-order valence-electron chi connectivity index (χ2n) is 5.18. The van der Waals surface area contributed by atoms with E-state index in [2.05, 4.69) is 17.2 Å². The zero-order valence-corrected chi connectivity index (χ0v) is 11.7. The van der Waals surface area contributed by atoms with E-state index in [1.165, 1.54) is 0 Å². The fourth-order valence-corrected chi connectivity index (χ4v) is 2.36. The van der Waals surface area contributed by atoms with E-state index in [0.29, 0.717) is 6.42 Å². The van der Waals surface area contributed by atoms with E-state index >= 15 is 0 Å². The van der Waals surface area contributed by atoms with E-state index in [4.69, 9.17) is 0 Å². The summed E-state index contributed by atoms with van der Waals surface area (Å²) in [5.41, 5.74) is 0.160. The highest BCUT2D eigenvalue weighted by Crippen LogP contribution is 2.30. The molecule has 1 atom stereocenters. The molecule has 0 saturated carbocycles. The molecular weight excluding hydrogens is 236 g/mol. The Morgan fingerprint density at radius 3 is 2.89 bits per heavy atom. The van der Waals surface area contributed by atoms with Gasteiger partial charge in [0.25, 0.3) is 0 Å². The number of aromatic nitrogens is 1. The predicted molar refractivity (Wildman–Crippen MR) is 79.1 cm³/mol. The average molecular weight is 258 g/mol. The number of benzene rings is 1. The van der Waals surface area contributed by atoms with Crippen molar-refractivity contribution in [2.75, 3.05) is 13.1 Å². The molecule has 3 nitrogen and oxygen atoms in total. The van der Waals surface area contributed by atoms with E-state index in [1.54, 1.807) is 6.20 Å². The van der Waals surface area contributed by atoms with Crippen LogP contribution in [0.1, 0.15) is 32.3 Å². The van der Waals surface area contributed by atoms with E-state index in [9.17, 15) is 5.11 Å². The number of aliphatic hydroxyl groups is 1. The van der Waals surface area contributed by atoms with E-state index in [-0.39, 0.29) is 0 Å². The first-order valence-electron chi connectivity index (χ1n) is 6.91. The number of nitrogens with zero attached hydrogens (tertiary/aromatic N) is 1. The number of nitrogens with one attached hydrogen (secondary N) is 1. The van der Waals surface area contributed by atoms with Crippen molar-refractivity contribution in [3.05, 3.63) is 42.2 Å². The third kappa shape index (κ3) is 3.31. The van der Waals surface area contributed by atoms with Crippen molar-refractivity contribution in [2.24, 2.45) is 0 Å². The van der Waals surface area contributed by atoms with Gasteiger partial charge >= 0.3 is 0 Å². The van der Waals surface area contributed by atoms with Gasteiger partial charge in [0.05, 0.1) is 5.60 Å². The number of fused-ring (bicyclic) bond motifs is 1. The highest BCUT2D eigenvalue weighted by atomic mass is 16.3. The zero-order chi connectivity index (χ0) is 13.7. The minimum Gasteiger partial charge on any atom is -0.385 e. The molecule has 0 spiro atoms. The van der Waals surface area contributed by atoms with Crippen molar-refractivity contribution in [3.63, 3.8) is 0 Å². The van der Waals surface area contributed by atoms with Crippen LogP contribution in [0.2, 0.25) is 0 Å². The fraction of sp³-hybridized carbons (Fsp3) is 0.438. The maximum absolute atomic E-state index is 10.7. The maximum Gasteiger partial charge on any atom is 0.0886 e. The van der Waals surface area contributed by atoms with Crippen LogP contribution in [-0.2, 0) is 5.60 Å². The molecule has 1 unspecified atom stereocenters. The van der Waals surface area contributed by atoms with Crippen molar-refractivity contribution in [3.8, 4) is 0 Å². The summed E-state index contributed by atoms with van der Waals surface area (Å²) in [6, 6.07) is 7.98. The monoisotopic (exact) mass is 258 g/mol. The van der Waals surface area contributed by atoms with Gasteiger partial charge in [-0.25, -0.2) is 0 Å². The van der Waals surface area contributed by atoms with Gasteiger partial charge in [0, 0.05) is 17.8 Å². The average Bonchev–Trinajstić information content (AvgIpc) is 2.43. The molecule has 0 amide bonds. The van der Waals surface area contributed by atoms with Crippen LogP contribution in [0.3, 0.4) is 0 Å². The number of hydrogen-bond acceptors (Lipinski definition) is 3. The van der Waals surface area contributed by atoms with E-state index in [1.807, 2.05) is 37.4 Å². The molecule has 2 aromatic rings. The second kappa shape index (κ2) is 6.13. The van der Waals surface area contributed by atoms with Crippen LogP contribution < -0.4 is 5.32 Å². The summed E-state index contributed by atoms with van der Waals surface area (Å²) < 4.78 is 0. The Morgan fingerprint density at radius 1 is 1.26 bits per heavy atom. The van der Waals surface area contributed by atoms with Gasteiger partial charge in [-0.2, -0.15) is 0 Å². The molecule has 0 fully saturated rings. The summed E-state index contributed by atoms with van der Waals surface area (Å²) in [5, 5.41) is 16.2. The molecular formula is C16H22N2O. The van der Waals surface area contributed by atoms with Gasteiger partial charge in [-0.3, -0.25) is 4.98 Å². The molecule has 0 radical (unpaired) electrons. The largest absolute Gasteiger partial charge is 0.385 e. The molecule has 2 N–H and O–H groups in total. The summed E-state index contributed by atoms with van der Waals surface area (Å²) in [6.07, 6.45) is 5.43. The van der Waals surface area contributed by atoms with E-state index < -0.39 is 5.60 Å². The minimum atomic E-state index is -0.818. The summed E-state index contributed by atoms with van der Waals surface area (Å²) in [7, 11) is 0. The van der Waals surface area contributed by atoms with Crippen LogP contribution in [0.4, 0.5) is 0 Å². The van der Waals surface area contributed by atoms with Gasteiger partial charge < -0.3 is 10.4 Å². The maximum atomic E-state index is 10.7. The summed E-state index contributed by atoms with van der Waals surface area (Å²) in [4.78, 5) is 4.13. The number of hydrogen-bond donors (Lipinski definition) is 2. The lowest BCUT2D eigenvalue weighted by atomic mass is 9.89. The standard InChI is InChI=1S/C16H22N2O/c1-3-9-17-11-8-16(2,19)15-6-4-5-13-12-18-10-7-14(13)15/h4-7,10,12,17,19H,3,8-9,11H2,1-2H3. The van der Waals surface area contributed by atoms with Crippen LogP contribution >= 0.6 is 0 Å². The summed E-state index contributed by atoms with van der Waals surface area (Å²) in [5.74, 6) is 0. The van der Waals surface area contributed by atoms with Crippen LogP contribution in [-0.4, -0.2) is 23.2 Å². The molecule has 0 bridgehead atoms. The van der Waals surface area contributed by atoms with Gasteiger partial charge in [0.2, 0.25) is 0 Å². The van der Waals surface area contributed by atoms with Crippen molar-refractivity contribution >= 4 is 10.8 Å². The van der Waals surface area contributed by atoms with Crippen molar-refractivity contribution < 1.29 is 5.11 Å². The Hall–Kier alpha value is -1.45. The molecule has 19 heavy (non-hydrogen) atoms. The molecule has 0 aliphatic heterocycles. The second-order valence-corrected chi connectivity index (χ2v) is 5.18. The van der Waals surface area contributed by atoms with Crippen LogP contribution in [0.15, 0.2) is 36.7 Å². The lowest BCUT2D eigenvalue weighted by Gasteiger charge is -2.25. The molecule has 0 aliphatic rings. The van der Waals surface area contributed by atoms with Gasteiger partial charge in [-0.1, -0.05) is 25.1 Å². The van der Waals surface area contributed by atoms with Crippen LogP contribution in [0.5, 0.6) is 0 Å². The Morgan fingerprint density at radius 2 is 2.11 bits per heavy atom. The van der Waals surface area contributed by atoms with Gasteiger partial charge in [-0.15, -0.1) is 0 Å². The first kappa shape index (κ1) is 14.0. The molecule has 102 valence electrons. The summed E-state index contributed by atoms with van der Waals surface area (Å²) in [6.45, 7) is 5.84. The van der Waals surface area contributed by atoms with Gasteiger partial charge in [0.15, 0.2) is 0 Å². The van der Waals surface area contributed by atoms with Crippen LogP contribution in [0, 0.1) is 0 Å². The topological polar surface area (TPSA) is 45.1 Å². The third-order valence-corrected chi connectivity index (χ3v) is 3.48. The molecule has 1 aromatic carbocycles. The zero-order valence-electron chi connectivity index (χ0n) is 11.7. The molecule has 2 rings (SSSR count). The number of rotatable bonds is 6. The first-order chi connectivity index (χ1) is 9.15. The van der Waals surface area contributed by atoms with E-state index in [0.717, 1.165) is 35.8 Å². The molecule has 1 heterocycles. The van der Waals surface area contributed by atoms with Crippen molar-refractivity contribution in [1.29, 1.82) is 0 Å². The lowest BCUT2D eigenvalue weighted by molar-refractivity contribution is 0.0496. The number of pyridine rings is 1. The van der Waals surface area contributed by atoms with Crippen LogP contribution in [0.25, 0.3) is 10.8 Å². The smallest absolute Gasteiger partial charge is 0.0886 e. The Labute approximate surface area is 114 Å². The molecule has 1 aromatic heterocycles. The molecule has 0 aliphatic carbocycles. The van der Waals surface area contributed by atoms with Crippen molar-refractivity contribution in [2.45, 2.75) is 32.3 Å². The normalized spacial score (nSPS) is 14.5. The Balaban J connectivity index is 2.22. The fourth-order valence-electron chi connectivity index (χ4n) is 2.36. The first-order valence-corrected chi connectivity index (χ1v) is 6.91. The summed E-state index contributed by atoms with van der Waals surface area (Å²) >= 11 is 0. The lowest BCUT2D eigenvalue weighted by Crippen LogP contribution is -2.28. The van der Waals surface area contributed by atoms with Gasteiger partial charge in [-0.05, 0) is 49.9 Å². The quantitative estimate of drug-likeness (QED) is 0.783. The highest BCUT2D eigenvalue weighted by Gasteiger charge is 2.24. The predicted octanol–water partition coefficient (Wildman–Crippen LogP) is 2.83. The SMILES string of the molecule is CCCNCCC(C)(O)c1cccc2cnccc12. The minimum absolute atomic E-state index is 0.703. The molecule has 0 saturated heterocycles. The third-order valence-electron chi connectivity index (χ3n) is 3.48. The van der Waals surface area contributed by atoms with Gasteiger partial charge in [0.1, 0.15) is 0 Å². The Bertz CT molecular complexity index is 532. The van der Waals surface area contributed by atoms with Crippen molar-refractivity contribution in [1.82, 2.24) is 10.3 Å². The Kier molecular flexibility index (Phi) is 4.51. The highest BCUT2D eigenvalue weighted by molar-refractivity contribution is 5.85. The molecule has 3 heteroatoms.